The predicted octanol–water partition coefficient (Wildman–Crippen LogP) is 18.9. The van der Waals surface area contributed by atoms with Crippen LogP contribution in [0.3, 0.4) is 0 Å². The molecule has 0 heterocycles. The van der Waals surface area contributed by atoms with Crippen LogP contribution in [0.2, 0.25) is 0 Å². The van der Waals surface area contributed by atoms with Gasteiger partial charge in [0.25, 0.3) is 0 Å². The average molecular weight is 1050 g/mol. The van der Waals surface area contributed by atoms with Crippen molar-refractivity contribution in [2.24, 2.45) is 0 Å². The summed E-state index contributed by atoms with van der Waals surface area (Å²) in [5.41, 5.74) is 0. The number of phosphoric acid groups is 1. The van der Waals surface area contributed by atoms with Gasteiger partial charge in [-0.05, 0) is 70.3 Å². The monoisotopic (exact) mass is 1050 g/mol. The minimum atomic E-state index is -4.44. The highest BCUT2D eigenvalue weighted by molar-refractivity contribution is 7.47. The van der Waals surface area contributed by atoms with E-state index in [0.717, 1.165) is 83.5 Å². The largest absolute Gasteiger partial charge is 0.472 e. The molecule has 10 heteroatoms. The number of esters is 1. The number of unbranched alkanes of at least 4 members (excludes halogenated alkanes) is 34. The van der Waals surface area contributed by atoms with E-state index in [1.165, 1.54) is 173 Å². The second-order valence-electron chi connectivity index (χ2n) is 22.2. The Hall–Kier alpha value is -2.03. The van der Waals surface area contributed by atoms with Gasteiger partial charge in [-0.2, -0.15) is 0 Å². The molecule has 428 valence electrons. The first-order valence-electron chi connectivity index (χ1n) is 31.0. The highest BCUT2D eigenvalue weighted by atomic mass is 31.2. The van der Waals surface area contributed by atoms with Gasteiger partial charge < -0.3 is 19.4 Å². The summed E-state index contributed by atoms with van der Waals surface area (Å²) in [6, 6.07) is -0.848. The van der Waals surface area contributed by atoms with Crippen LogP contribution in [0, 0.1) is 0 Å². The molecule has 0 saturated heterocycles. The van der Waals surface area contributed by atoms with Gasteiger partial charge in [0.1, 0.15) is 19.3 Å². The first-order chi connectivity index (χ1) is 35.4. The van der Waals surface area contributed by atoms with Gasteiger partial charge in [0.05, 0.1) is 33.8 Å². The zero-order valence-electron chi connectivity index (χ0n) is 48.9. The van der Waals surface area contributed by atoms with Crippen molar-refractivity contribution < 1.29 is 37.3 Å². The Balaban J connectivity index is 5.23. The second-order valence-corrected chi connectivity index (χ2v) is 23.7. The molecule has 9 nitrogen and oxygen atoms in total. The fraction of sp³-hybridized carbons (Fsp3) is 0.841. The molecule has 0 saturated carbocycles. The van der Waals surface area contributed by atoms with Gasteiger partial charge >= 0.3 is 13.8 Å². The molecular formula is C63H120N2O7P+. The van der Waals surface area contributed by atoms with Crippen molar-refractivity contribution in [3.63, 3.8) is 0 Å². The zero-order valence-corrected chi connectivity index (χ0v) is 49.8. The van der Waals surface area contributed by atoms with Crippen LogP contribution >= 0.6 is 7.82 Å². The van der Waals surface area contributed by atoms with Gasteiger partial charge in [0, 0.05) is 12.8 Å². The number of likely N-dealkylation sites (N-methyl/N-ethyl adjacent to an activating group) is 1. The summed E-state index contributed by atoms with van der Waals surface area (Å²) in [4.78, 5) is 37.7. The van der Waals surface area contributed by atoms with Gasteiger partial charge in [0.15, 0.2) is 0 Å². The molecule has 0 spiro atoms. The van der Waals surface area contributed by atoms with Crippen molar-refractivity contribution in [2.75, 3.05) is 40.9 Å². The van der Waals surface area contributed by atoms with E-state index in [1.807, 2.05) is 33.3 Å². The molecule has 0 radical (unpaired) electrons. The second kappa shape index (κ2) is 53.4. The smallest absolute Gasteiger partial charge is 0.456 e. The van der Waals surface area contributed by atoms with Crippen LogP contribution < -0.4 is 5.32 Å². The number of quaternary nitrogens is 1. The molecule has 0 bridgehead atoms. The highest BCUT2D eigenvalue weighted by Gasteiger charge is 2.30. The van der Waals surface area contributed by atoms with E-state index in [0.29, 0.717) is 17.4 Å². The average Bonchev–Trinajstić information content (AvgIpc) is 3.35. The fourth-order valence-electron chi connectivity index (χ4n) is 8.95. The van der Waals surface area contributed by atoms with Crippen molar-refractivity contribution in [1.29, 1.82) is 0 Å². The fourth-order valence-corrected chi connectivity index (χ4v) is 9.68. The van der Waals surface area contributed by atoms with Crippen LogP contribution in [0.25, 0.3) is 0 Å². The van der Waals surface area contributed by atoms with E-state index in [1.54, 1.807) is 0 Å². The Kier molecular flexibility index (Phi) is 51.9. The topological polar surface area (TPSA) is 111 Å². The molecule has 0 rings (SSSR count). The lowest BCUT2D eigenvalue weighted by Gasteiger charge is -2.27. The van der Waals surface area contributed by atoms with Crippen molar-refractivity contribution in [1.82, 2.24) is 5.32 Å². The van der Waals surface area contributed by atoms with E-state index in [4.69, 9.17) is 13.8 Å². The summed E-state index contributed by atoms with van der Waals surface area (Å²) in [5, 5.41) is 3.06. The van der Waals surface area contributed by atoms with Crippen molar-refractivity contribution >= 4 is 19.7 Å². The molecule has 1 amide bonds. The number of nitrogens with one attached hydrogen (secondary N) is 1. The maximum Gasteiger partial charge on any atom is 0.472 e. The van der Waals surface area contributed by atoms with E-state index < -0.39 is 20.0 Å². The van der Waals surface area contributed by atoms with Gasteiger partial charge in [0.2, 0.25) is 5.91 Å². The number of amides is 1. The van der Waals surface area contributed by atoms with Gasteiger partial charge in [-0.3, -0.25) is 18.6 Å². The van der Waals surface area contributed by atoms with Crippen LogP contribution in [0.1, 0.15) is 290 Å². The minimum Gasteiger partial charge on any atom is -0.456 e. The van der Waals surface area contributed by atoms with Crippen LogP contribution in [0.4, 0.5) is 0 Å². The van der Waals surface area contributed by atoms with Crippen LogP contribution in [0.5, 0.6) is 0 Å². The summed E-state index contributed by atoms with van der Waals surface area (Å²) >= 11 is 0. The summed E-state index contributed by atoms with van der Waals surface area (Å²) < 4.78 is 30.7. The maximum atomic E-state index is 13.5. The Morgan fingerprint density at radius 1 is 0.479 bits per heavy atom. The molecule has 2 N–H and O–H groups in total. The Bertz CT molecular complexity index is 1390. The predicted molar refractivity (Wildman–Crippen MR) is 314 cm³/mol. The first-order valence-corrected chi connectivity index (χ1v) is 32.5. The summed E-state index contributed by atoms with van der Waals surface area (Å²) in [7, 11) is 1.50. The molecule has 0 aliphatic rings. The normalized spacial score (nSPS) is 14.0. The molecule has 3 unspecified atom stereocenters. The number of hydrogen-bond donors (Lipinski definition) is 2. The van der Waals surface area contributed by atoms with Gasteiger partial charge in [-0.1, -0.05) is 256 Å². The summed E-state index contributed by atoms with van der Waals surface area (Å²) in [6.07, 6.45) is 65.3. The lowest BCUT2D eigenvalue weighted by molar-refractivity contribution is -0.870. The molecule has 0 aliphatic carbocycles. The number of hydrogen-bond acceptors (Lipinski definition) is 6. The Morgan fingerprint density at radius 3 is 1.27 bits per heavy atom. The molecule has 73 heavy (non-hydrogen) atoms. The Morgan fingerprint density at radius 2 is 0.836 bits per heavy atom. The molecule has 3 atom stereocenters. The minimum absolute atomic E-state index is 0.0401. The van der Waals surface area contributed by atoms with Crippen LogP contribution in [-0.2, 0) is 27.9 Å². The van der Waals surface area contributed by atoms with Gasteiger partial charge in [-0.15, -0.1) is 0 Å². The molecule has 0 aromatic heterocycles. The number of rotatable bonds is 56. The molecule has 0 aliphatic heterocycles. The van der Waals surface area contributed by atoms with Crippen molar-refractivity contribution in [2.45, 2.75) is 303 Å². The lowest BCUT2D eigenvalue weighted by Crippen LogP contribution is -2.47. The lowest BCUT2D eigenvalue weighted by atomic mass is 10.0. The third kappa shape index (κ3) is 54.6. The molecular weight excluding hydrogens is 928 g/mol. The first kappa shape index (κ1) is 71.0. The van der Waals surface area contributed by atoms with E-state index in [-0.39, 0.29) is 31.5 Å². The zero-order chi connectivity index (χ0) is 53.6. The number of ether oxygens (including phenoxy) is 1. The van der Waals surface area contributed by atoms with Crippen LogP contribution in [-0.4, -0.2) is 74.3 Å². The van der Waals surface area contributed by atoms with Crippen LogP contribution in [0.15, 0.2) is 48.6 Å². The van der Waals surface area contributed by atoms with E-state index >= 15 is 0 Å². The SMILES string of the molecule is CCCCC/C=C\C/C=C\C/C=C\CCCCCCCCCCC(=O)OC(/C=C/CCCCCCCCCCCC)C(COP(=O)(O)OCC[N+](C)(C)C)NC(=O)CCCCCCCCCCCCCCCC. The highest BCUT2D eigenvalue weighted by Crippen LogP contribution is 2.43. The maximum absolute atomic E-state index is 13.5. The quantitative estimate of drug-likeness (QED) is 0.0205. The van der Waals surface area contributed by atoms with Crippen molar-refractivity contribution in [3.05, 3.63) is 48.6 Å². The third-order valence-corrected chi connectivity index (χ3v) is 14.8. The number of carbonyl (C=O) groups is 2. The summed E-state index contributed by atoms with van der Waals surface area (Å²) in [6.45, 7) is 7.00. The number of nitrogens with zero attached hydrogens (tertiary/aromatic N) is 1. The standard InChI is InChI=1S/C63H119N2O7P/c1-7-10-13-16-19-22-25-28-30-31-32-33-34-35-36-38-41-44-47-50-53-56-63(67)72-61(54-51-48-45-42-39-27-24-21-18-15-12-9-3)60(59-71-73(68,69)70-58-57-65(4,5)6)64-62(66)55-52-49-46-43-40-37-29-26-23-20-17-14-11-8-2/h19,22,28,30,32-33,51,54,60-61H,7-18,20-21,23-27,29,31,34-50,52-53,55-59H2,1-6H3,(H-,64,66,68,69)/p+1/b22-19-,30-28-,33-32-,54-51+. The van der Waals surface area contributed by atoms with Crippen molar-refractivity contribution in [3.8, 4) is 0 Å². The summed E-state index contributed by atoms with van der Waals surface area (Å²) in [5.74, 6) is -0.504. The number of carbonyl (C=O) groups excluding carboxylic acids is 2. The third-order valence-electron chi connectivity index (χ3n) is 13.8. The Labute approximate surface area is 452 Å². The van der Waals surface area contributed by atoms with E-state index in [2.05, 4.69) is 62.5 Å². The molecule has 0 aromatic rings. The number of phosphoric ester groups is 1. The van der Waals surface area contributed by atoms with E-state index in [9.17, 15) is 19.0 Å². The molecule has 0 aromatic carbocycles. The number of allylic oxidation sites excluding steroid dienone is 7. The van der Waals surface area contributed by atoms with Gasteiger partial charge in [-0.25, -0.2) is 4.57 Å². The molecule has 0 fully saturated rings.